The summed E-state index contributed by atoms with van der Waals surface area (Å²) < 4.78 is 55.7. The molecule has 184 valence electrons. The molecule has 4 rings (SSSR count). The first-order chi connectivity index (χ1) is 16.7. The predicted octanol–water partition coefficient (Wildman–Crippen LogP) is 2.63. The first-order valence-corrected chi connectivity index (χ1v) is 14.1. The highest BCUT2D eigenvalue weighted by atomic mass is 32.2. The molecule has 0 spiro atoms. The first-order valence-electron chi connectivity index (χ1n) is 11.2. The lowest BCUT2D eigenvalue weighted by molar-refractivity contribution is -0.126. The minimum absolute atomic E-state index is 0.0493. The molecule has 0 bridgehead atoms. The van der Waals surface area contributed by atoms with Crippen LogP contribution in [0.25, 0.3) is 0 Å². The van der Waals surface area contributed by atoms with Gasteiger partial charge in [-0.3, -0.25) is 4.79 Å². The van der Waals surface area contributed by atoms with Crippen molar-refractivity contribution in [2.45, 2.75) is 28.8 Å². The molecule has 1 aliphatic heterocycles. The van der Waals surface area contributed by atoms with E-state index in [0.717, 1.165) is 9.87 Å². The normalized spacial score (nSPS) is 18.6. The van der Waals surface area contributed by atoms with E-state index in [-0.39, 0.29) is 29.4 Å². The molecule has 1 amide bonds. The summed E-state index contributed by atoms with van der Waals surface area (Å²) in [6.45, 7) is 1.28. The number of hydrogen-bond donors (Lipinski definition) is 1. The molecule has 3 aromatic carbocycles. The number of piperazine rings is 1. The van der Waals surface area contributed by atoms with Crippen molar-refractivity contribution in [1.29, 1.82) is 0 Å². The van der Waals surface area contributed by atoms with Gasteiger partial charge in [0.2, 0.25) is 26.0 Å². The molecular weight excluding hydrogens is 486 g/mol. The summed E-state index contributed by atoms with van der Waals surface area (Å²) >= 11 is 0. The van der Waals surface area contributed by atoms with Crippen molar-refractivity contribution in [3.8, 4) is 0 Å². The first kappa shape index (κ1) is 25.1. The number of sulfonamides is 2. The number of nitrogens with zero attached hydrogens (tertiary/aromatic N) is 2. The zero-order chi connectivity index (χ0) is 25.1. The number of hydrogen-bond acceptors (Lipinski definition) is 5. The predicted molar refractivity (Wildman–Crippen MR) is 132 cm³/mol. The van der Waals surface area contributed by atoms with E-state index in [4.69, 9.17) is 0 Å². The van der Waals surface area contributed by atoms with Crippen LogP contribution in [0.4, 0.5) is 0 Å². The van der Waals surface area contributed by atoms with Gasteiger partial charge in [0, 0.05) is 19.6 Å². The Bertz CT molecular complexity index is 1370. The standard InChI is InChI=1S/C25H27N3O5S2/c1-20(21-11-5-2-6-12-21)26-25(29)24-19-27(34(30,31)22-13-7-3-8-14-22)17-18-28(24)35(32,33)23-15-9-4-10-16-23/h2-16,20,24H,17-19H2,1H3,(H,26,29)/t20-,24-/m1/s1. The lowest BCUT2D eigenvalue weighted by Crippen LogP contribution is -2.61. The Balaban J connectivity index is 1.66. The minimum atomic E-state index is -4.04. The van der Waals surface area contributed by atoms with E-state index in [0.29, 0.717) is 0 Å². The zero-order valence-electron chi connectivity index (χ0n) is 19.2. The fourth-order valence-corrected chi connectivity index (χ4v) is 7.11. The largest absolute Gasteiger partial charge is 0.348 e. The fraction of sp³-hybridized carbons (Fsp3) is 0.240. The average molecular weight is 514 g/mol. The summed E-state index contributed by atoms with van der Waals surface area (Å²) in [5.74, 6) is -0.561. The molecule has 0 aliphatic carbocycles. The monoisotopic (exact) mass is 513 g/mol. The van der Waals surface area contributed by atoms with Crippen molar-refractivity contribution in [2.75, 3.05) is 19.6 Å². The molecule has 35 heavy (non-hydrogen) atoms. The van der Waals surface area contributed by atoms with Crippen LogP contribution in [-0.2, 0) is 24.8 Å². The second kappa shape index (κ2) is 10.3. The highest BCUT2D eigenvalue weighted by Gasteiger charge is 2.43. The number of carbonyl (C=O) groups is 1. The van der Waals surface area contributed by atoms with Crippen molar-refractivity contribution in [3.63, 3.8) is 0 Å². The molecule has 1 fully saturated rings. The smallest absolute Gasteiger partial charge is 0.243 e. The molecule has 0 saturated carbocycles. The third-order valence-corrected chi connectivity index (χ3v) is 9.79. The van der Waals surface area contributed by atoms with Gasteiger partial charge in [0.05, 0.1) is 15.8 Å². The highest BCUT2D eigenvalue weighted by molar-refractivity contribution is 7.89. The Morgan fingerprint density at radius 2 is 1.26 bits per heavy atom. The van der Waals surface area contributed by atoms with Crippen LogP contribution in [0.5, 0.6) is 0 Å². The van der Waals surface area contributed by atoms with E-state index in [1.807, 2.05) is 30.3 Å². The van der Waals surface area contributed by atoms with E-state index in [2.05, 4.69) is 5.32 Å². The SMILES string of the molecule is C[C@@H](NC(=O)[C@H]1CN(S(=O)(=O)c2ccccc2)CCN1S(=O)(=O)c1ccccc1)c1ccccc1. The molecule has 0 radical (unpaired) electrons. The van der Waals surface area contributed by atoms with E-state index in [1.54, 1.807) is 43.3 Å². The molecule has 0 unspecified atom stereocenters. The Kier molecular flexibility index (Phi) is 7.36. The number of benzene rings is 3. The van der Waals surface area contributed by atoms with Crippen LogP contribution in [0.15, 0.2) is 101 Å². The second-order valence-electron chi connectivity index (χ2n) is 8.26. The molecule has 3 aromatic rings. The van der Waals surface area contributed by atoms with E-state index in [1.165, 1.54) is 28.6 Å². The minimum Gasteiger partial charge on any atom is -0.348 e. The summed E-state index contributed by atoms with van der Waals surface area (Å²) in [6, 6.07) is 23.4. The van der Waals surface area contributed by atoms with Gasteiger partial charge in [0.15, 0.2) is 0 Å². The van der Waals surface area contributed by atoms with Gasteiger partial charge in [-0.05, 0) is 36.8 Å². The molecule has 2 atom stereocenters. The quantitative estimate of drug-likeness (QED) is 0.523. The highest BCUT2D eigenvalue weighted by Crippen LogP contribution is 2.26. The second-order valence-corrected chi connectivity index (χ2v) is 12.1. The van der Waals surface area contributed by atoms with Crippen molar-refractivity contribution >= 4 is 26.0 Å². The van der Waals surface area contributed by atoms with Crippen molar-refractivity contribution in [1.82, 2.24) is 13.9 Å². The van der Waals surface area contributed by atoms with Crippen LogP contribution in [0.1, 0.15) is 18.5 Å². The van der Waals surface area contributed by atoms with Crippen LogP contribution in [-0.4, -0.2) is 57.0 Å². The number of nitrogens with one attached hydrogen (secondary N) is 1. The van der Waals surface area contributed by atoms with Gasteiger partial charge in [-0.1, -0.05) is 66.7 Å². The number of carbonyl (C=O) groups excluding carboxylic acids is 1. The maximum Gasteiger partial charge on any atom is 0.243 e. The topological polar surface area (TPSA) is 104 Å². The fourth-order valence-electron chi connectivity index (χ4n) is 4.06. The summed E-state index contributed by atoms with van der Waals surface area (Å²) in [4.78, 5) is 13.6. The summed E-state index contributed by atoms with van der Waals surface area (Å²) in [7, 11) is -7.95. The van der Waals surface area contributed by atoms with Gasteiger partial charge >= 0.3 is 0 Å². The van der Waals surface area contributed by atoms with Gasteiger partial charge in [-0.15, -0.1) is 0 Å². The lowest BCUT2D eigenvalue weighted by Gasteiger charge is -2.39. The third-order valence-electron chi connectivity index (χ3n) is 5.99. The van der Waals surface area contributed by atoms with Crippen LogP contribution < -0.4 is 5.32 Å². The van der Waals surface area contributed by atoms with Crippen molar-refractivity contribution in [3.05, 3.63) is 96.6 Å². The number of rotatable bonds is 7. The van der Waals surface area contributed by atoms with E-state index in [9.17, 15) is 21.6 Å². The van der Waals surface area contributed by atoms with Crippen molar-refractivity contribution < 1.29 is 21.6 Å². The molecule has 10 heteroatoms. The zero-order valence-corrected chi connectivity index (χ0v) is 20.8. The summed E-state index contributed by atoms with van der Waals surface area (Å²) in [5.41, 5.74) is 0.850. The van der Waals surface area contributed by atoms with Crippen LogP contribution in [0.2, 0.25) is 0 Å². The maximum absolute atomic E-state index is 13.5. The summed E-state index contributed by atoms with van der Waals surface area (Å²) in [5, 5.41) is 2.86. The van der Waals surface area contributed by atoms with Gasteiger partial charge in [0.1, 0.15) is 6.04 Å². The Morgan fingerprint density at radius 1 is 0.771 bits per heavy atom. The molecule has 1 N–H and O–H groups in total. The Morgan fingerprint density at radius 3 is 1.80 bits per heavy atom. The van der Waals surface area contributed by atoms with Crippen LogP contribution >= 0.6 is 0 Å². The van der Waals surface area contributed by atoms with Gasteiger partial charge in [-0.2, -0.15) is 8.61 Å². The van der Waals surface area contributed by atoms with Gasteiger partial charge < -0.3 is 5.32 Å². The van der Waals surface area contributed by atoms with E-state index >= 15 is 0 Å². The maximum atomic E-state index is 13.5. The molecule has 0 aromatic heterocycles. The lowest BCUT2D eigenvalue weighted by atomic mass is 10.1. The van der Waals surface area contributed by atoms with Gasteiger partial charge in [-0.25, -0.2) is 16.8 Å². The molecule has 8 nitrogen and oxygen atoms in total. The Labute approximate surface area is 206 Å². The van der Waals surface area contributed by atoms with E-state index < -0.39 is 38.0 Å². The Hall–Kier alpha value is -3.05. The molecular formula is C25H27N3O5S2. The van der Waals surface area contributed by atoms with Crippen LogP contribution in [0, 0.1) is 0 Å². The van der Waals surface area contributed by atoms with Crippen LogP contribution in [0.3, 0.4) is 0 Å². The molecule has 1 heterocycles. The number of amides is 1. The van der Waals surface area contributed by atoms with Crippen molar-refractivity contribution in [2.24, 2.45) is 0 Å². The molecule has 1 aliphatic rings. The average Bonchev–Trinajstić information content (AvgIpc) is 2.89. The molecule has 1 saturated heterocycles. The third kappa shape index (κ3) is 5.30. The van der Waals surface area contributed by atoms with Gasteiger partial charge in [0.25, 0.3) is 0 Å². The summed E-state index contributed by atoms with van der Waals surface area (Å²) in [6.07, 6.45) is 0.